The van der Waals surface area contributed by atoms with E-state index in [-0.39, 0.29) is 0 Å². The zero-order valence-electron chi connectivity index (χ0n) is 8.85. The number of rotatable bonds is 1. The summed E-state index contributed by atoms with van der Waals surface area (Å²) >= 11 is 0. The lowest BCUT2D eigenvalue weighted by Crippen LogP contribution is -2.36. The van der Waals surface area contributed by atoms with Gasteiger partial charge in [0.15, 0.2) is 11.4 Å². The van der Waals surface area contributed by atoms with Crippen LogP contribution in [-0.2, 0) is 4.74 Å². The van der Waals surface area contributed by atoms with Crippen LogP contribution in [0.15, 0.2) is 22.7 Å². The molecule has 84 valence electrons. The van der Waals surface area contributed by atoms with E-state index in [0.717, 1.165) is 43.1 Å². The van der Waals surface area contributed by atoms with E-state index in [1.807, 2.05) is 18.2 Å². The topological polar surface area (TPSA) is 64.5 Å². The van der Waals surface area contributed by atoms with Gasteiger partial charge in [0.2, 0.25) is 0 Å². The molecule has 1 aromatic heterocycles. The highest BCUT2D eigenvalue weighted by Crippen LogP contribution is 2.31. The van der Waals surface area contributed by atoms with Gasteiger partial charge < -0.3 is 19.9 Å². The lowest BCUT2D eigenvalue weighted by Gasteiger charge is -2.26. The van der Waals surface area contributed by atoms with Crippen LogP contribution in [0, 0.1) is 0 Å². The molecule has 2 aromatic rings. The van der Waals surface area contributed by atoms with Gasteiger partial charge in [0.1, 0.15) is 0 Å². The summed E-state index contributed by atoms with van der Waals surface area (Å²) in [6.45, 7) is 3.11. The maximum absolute atomic E-state index is 5.95. The minimum absolute atomic E-state index is 0.709. The molecule has 5 heteroatoms. The van der Waals surface area contributed by atoms with Gasteiger partial charge in [-0.25, -0.2) is 0 Å². The van der Waals surface area contributed by atoms with Crippen LogP contribution in [-0.4, -0.2) is 31.5 Å². The fourth-order valence-corrected chi connectivity index (χ4v) is 1.99. The Labute approximate surface area is 92.7 Å². The van der Waals surface area contributed by atoms with E-state index in [0.29, 0.717) is 5.69 Å². The number of nitrogen functional groups attached to an aromatic ring is 1. The number of hydrogen-bond donors (Lipinski definition) is 1. The van der Waals surface area contributed by atoms with E-state index in [1.165, 1.54) is 0 Å². The van der Waals surface area contributed by atoms with Crippen LogP contribution in [0.4, 0.5) is 11.5 Å². The molecule has 0 unspecified atom stereocenters. The van der Waals surface area contributed by atoms with Crippen molar-refractivity contribution in [3.63, 3.8) is 0 Å². The van der Waals surface area contributed by atoms with Gasteiger partial charge in [0.05, 0.1) is 18.6 Å². The highest BCUT2D eigenvalue weighted by Gasteiger charge is 2.19. The Hall–Kier alpha value is -1.75. The predicted molar refractivity (Wildman–Crippen MR) is 61.5 cm³/mol. The van der Waals surface area contributed by atoms with Crippen molar-refractivity contribution in [1.82, 2.24) is 5.16 Å². The molecule has 0 atom stereocenters. The van der Waals surface area contributed by atoms with Gasteiger partial charge in [-0.2, -0.15) is 0 Å². The summed E-state index contributed by atoms with van der Waals surface area (Å²) in [5, 5.41) is 5.00. The summed E-state index contributed by atoms with van der Waals surface area (Å²) in [5.74, 6) is 0.830. The number of fused-ring (bicyclic) bond motifs is 1. The molecule has 1 aliphatic heterocycles. The fraction of sp³-hybridized carbons (Fsp3) is 0.364. The molecule has 0 spiro atoms. The highest BCUT2D eigenvalue weighted by molar-refractivity contribution is 5.98. The van der Waals surface area contributed by atoms with E-state index < -0.39 is 0 Å². The van der Waals surface area contributed by atoms with Crippen LogP contribution in [0.2, 0.25) is 0 Å². The van der Waals surface area contributed by atoms with Crippen molar-refractivity contribution in [3.05, 3.63) is 18.2 Å². The summed E-state index contributed by atoms with van der Waals surface area (Å²) < 4.78 is 10.6. The second kappa shape index (κ2) is 3.68. The fourth-order valence-electron chi connectivity index (χ4n) is 1.99. The molecule has 0 amide bonds. The minimum atomic E-state index is 0.709. The van der Waals surface area contributed by atoms with E-state index in [2.05, 4.69) is 10.1 Å². The van der Waals surface area contributed by atoms with Crippen molar-refractivity contribution in [2.75, 3.05) is 36.9 Å². The molecule has 1 aliphatic rings. The molecular weight excluding hydrogens is 206 g/mol. The molecule has 1 aromatic carbocycles. The molecule has 2 N–H and O–H groups in total. The standard InChI is InChI=1S/C11H13N3O2/c12-8-2-1-3-9-10(8)11(13-16-9)14-4-6-15-7-5-14/h1-3H,4-7,12H2. The van der Waals surface area contributed by atoms with Gasteiger partial charge in [0, 0.05) is 18.8 Å². The van der Waals surface area contributed by atoms with Crippen LogP contribution in [0.5, 0.6) is 0 Å². The van der Waals surface area contributed by atoms with Crippen molar-refractivity contribution in [2.24, 2.45) is 0 Å². The number of ether oxygens (including phenoxy) is 1. The third kappa shape index (κ3) is 1.40. The van der Waals surface area contributed by atoms with Crippen molar-refractivity contribution >= 4 is 22.5 Å². The third-order valence-electron chi connectivity index (χ3n) is 2.82. The zero-order valence-corrected chi connectivity index (χ0v) is 8.85. The average Bonchev–Trinajstić information content (AvgIpc) is 2.75. The van der Waals surface area contributed by atoms with E-state index in [1.54, 1.807) is 0 Å². The van der Waals surface area contributed by atoms with Gasteiger partial charge >= 0.3 is 0 Å². The Balaban J connectivity index is 2.09. The normalized spacial score (nSPS) is 16.9. The summed E-state index contributed by atoms with van der Waals surface area (Å²) in [5.41, 5.74) is 7.40. The van der Waals surface area contributed by atoms with Crippen LogP contribution < -0.4 is 10.6 Å². The first-order chi connectivity index (χ1) is 7.86. The molecule has 3 rings (SSSR count). The SMILES string of the molecule is Nc1cccc2onc(N3CCOCC3)c12. The van der Waals surface area contributed by atoms with Crippen LogP contribution >= 0.6 is 0 Å². The smallest absolute Gasteiger partial charge is 0.182 e. The predicted octanol–water partition coefficient (Wildman–Crippen LogP) is 1.25. The monoisotopic (exact) mass is 219 g/mol. The number of benzene rings is 1. The second-order valence-electron chi connectivity index (χ2n) is 3.83. The maximum Gasteiger partial charge on any atom is 0.182 e. The van der Waals surface area contributed by atoms with Gasteiger partial charge in [-0.3, -0.25) is 0 Å². The minimum Gasteiger partial charge on any atom is -0.398 e. The Morgan fingerprint density at radius 3 is 2.88 bits per heavy atom. The van der Waals surface area contributed by atoms with Gasteiger partial charge in [0.25, 0.3) is 0 Å². The van der Waals surface area contributed by atoms with E-state index in [4.69, 9.17) is 15.0 Å². The van der Waals surface area contributed by atoms with Crippen LogP contribution in [0.25, 0.3) is 11.0 Å². The number of hydrogen-bond acceptors (Lipinski definition) is 5. The van der Waals surface area contributed by atoms with Crippen molar-refractivity contribution in [2.45, 2.75) is 0 Å². The molecule has 0 aliphatic carbocycles. The Morgan fingerprint density at radius 2 is 2.06 bits per heavy atom. The Morgan fingerprint density at radius 1 is 1.25 bits per heavy atom. The average molecular weight is 219 g/mol. The first-order valence-electron chi connectivity index (χ1n) is 5.33. The first-order valence-corrected chi connectivity index (χ1v) is 5.33. The van der Waals surface area contributed by atoms with E-state index >= 15 is 0 Å². The molecule has 2 heterocycles. The number of nitrogens with zero attached hydrogens (tertiary/aromatic N) is 2. The molecule has 5 nitrogen and oxygen atoms in total. The lowest BCUT2D eigenvalue weighted by molar-refractivity contribution is 0.122. The number of aromatic nitrogens is 1. The van der Waals surface area contributed by atoms with Gasteiger partial charge in [-0.1, -0.05) is 11.2 Å². The second-order valence-corrected chi connectivity index (χ2v) is 3.83. The van der Waals surface area contributed by atoms with Gasteiger partial charge in [-0.05, 0) is 12.1 Å². The van der Waals surface area contributed by atoms with Gasteiger partial charge in [-0.15, -0.1) is 0 Å². The van der Waals surface area contributed by atoms with Crippen LogP contribution in [0.1, 0.15) is 0 Å². The van der Waals surface area contributed by atoms with Crippen LogP contribution in [0.3, 0.4) is 0 Å². The van der Waals surface area contributed by atoms with Crippen molar-refractivity contribution in [1.29, 1.82) is 0 Å². The number of morpholine rings is 1. The van der Waals surface area contributed by atoms with E-state index in [9.17, 15) is 0 Å². The molecule has 0 bridgehead atoms. The highest BCUT2D eigenvalue weighted by atomic mass is 16.5. The Bertz CT molecular complexity index is 503. The molecule has 16 heavy (non-hydrogen) atoms. The zero-order chi connectivity index (χ0) is 11.0. The molecule has 1 saturated heterocycles. The summed E-state index contributed by atoms with van der Waals surface area (Å²) in [6.07, 6.45) is 0. The molecule has 1 fully saturated rings. The largest absolute Gasteiger partial charge is 0.398 e. The van der Waals surface area contributed by atoms with Crippen molar-refractivity contribution in [3.8, 4) is 0 Å². The maximum atomic E-state index is 5.95. The third-order valence-corrected chi connectivity index (χ3v) is 2.82. The number of anilines is 2. The van der Waals surface area contributed by atoms with Crippen molar-refractivity contribution < 1.29 is 9.26 Å². The summed E-state index contributed by atoms with van der Waals surface area (Å²) in [4.78, 5) is 2.14. The number of nitrogens with two attached hydrogens (primary N) is 1. The molecular formula is C11H13N3O2. The molecule has 0 saturated carbocycles. The quantitative estimate of drug-likeness (QED) is 0.731. The Kier molecular flexibility index (Phi) is 2.18. The molecule has 0 radical (unpaired) electrons. The first kappa shape index (κ1) is 9.47. The lowest BCUT2D eigenvalue weighted by atomic mass is 10.2. The summed E-state index contributed by atoms with van der Waals surface area (Å²) in [7, 11) is 0. The summed E-state index contributed by atoms with van der Waals surface area (Å²) in [6, 6.07) is 5.61.